The van der Waals surface area contributed by atoms with Gasteiger partial charge in [-0.25, -0.2) is 0 Å². The zero-order valence-electron chi connectivity index (χ0n) is 8.55. The van der Waals surface area contributed by atoms with Crippen LogP contribution in [0.4, 0.5) is 0 Å². The van der Waals surface area contributed by atoms with Crippen LogP contribution in [0.25, 0.3) is 0 Å². The van der Waals surface area contributed by atoms with Crippen molar-refractivity contribution in [2.45, 2.75) is 33.8 Å². The maximum absolute atomic E-state index is 9.52. The maximum Gasteiger partial charge on any atom is 0.119 e. The first kappa shape index (κ1) is 10.1. The van der Waals surface area contributed by atoms with E-state index in [1.54, 1.807) is 13.0 Å². The molecule has 1 rings (SSSR count). The van der Waals surface area contributed by atoms with E-state index in [0.717, 1.165) is 22.3 Å². The predicted octanol–water partition coefficient (Wildman–Crippen LogP) is 2.37. The normalized spacial score (nSPS) is 13.0. The van der Waals surface area contributed by atoms with Crippen LogP contribution in [0.1, 0.15) is 35.3 Å². The van der Waals surface area contributed by atoms with Crippen molar-refractivity contribution in [3.05, 3.63) is 28.3 Å². The Labute approximate surface area is 78.8 Å². The molecule has 0 aliphatic heterocycles. The van der Waals surface area contributed by atoms with Crippen molar-refractivity contribution in [3.8, 4) is 5.75 Å². The number of benzene rings is 1. The van der Waals surface area contributed by atoms with Crippen molar-refractivity contribution in [2.24, 2.45) is 0 Å². The molecule has 0 aromatic heterocycles. The zero-order valence-corrected chi connectivity index (χ0v) is 8.55. The molecule has 0 saturated heterocycles. The standard InChI is InChI=1S/C11H16O2/c1-6-5-10(13)7(2)8(3)11(6)9(4)12/h5,9,12-13H,1-4H3. The number of aryl methyl sites for hydroxylation is 1. The van der Waals surface area contributed by atoms with E-state index >= 15 is 0 Å². The number of phenols is 1. The van der Waals surface area contributed by atoms with Gasteiger partial charge >= 0.3 is 0 Å². The van der Waals surface area contributed by atoms with E-state index in [0.29, 0.717) is 5.75 Å². The Bertz CT molecular complexity index is 327. The summed E-state index contributed by atoms with van der Waals surface area (Å²) in [4.78, 5) is 0. The highest BCUT2D eigenvalue weighted by atomic mass is 16.3. The number of hydrogen-bond donors (Lipinski definition) is 2. The lowest BCUT2D eigenvalue weighted by Gasteiger charge is -2.15. The molecule has 2 heteroatoms. The van der Waals surface area contributed by atoms with Gasteiger partial charge < -0.3 is 10.2 Å². The first-order chi connectivity index (χ1) is 5.95. The second-order valence-electron chi connectivity index (χ2n) is 3.55. The van der Waals surface area contributed by atoms with Crippen LogP contribution in [0.5, 0.6) is 5.75 Å². The summed E-state index contributed by atoms with van der Waals surface area (Å²) in [5, 5.41) is 19.0. The first-order valence-corrected chi connectivity index (χ1v) is 4.43. The van der Waals surface area contributed by atoms with Crippen LogP contribution >= 0.6 is 0 Å². The largest absolute Gasteiger partial charge is 0.508 e. The zero-order chi connectivity index (χ0) is 10.2. The summed E-state index contributed by atoms with van der Waals surface area (Å²) in [7, 11) is 0. The monoisotopic (exact) mass is 180 g/mol. The summed E-state index contributed by atoms with van der Waals surface area (Å²) in [6.45, 7) is 7.42. The van der Waals surface area contributed by atoms with Crippen LogP contribution in [0, 0.1) is 20.8 Å². The van der Waals surface area contributed by atoms with Gasteiger partial charge in [0.05, 0.1) is 6.10 Å². The van der Waals surface area contributed by atoms with Crippen molar-refractivity contribution in [1.29, 1.82) is 0 Å². The van der Waals surface area contributed by atoms with Crippen LogP contribution in [-0.2, 0) is 0 Å². The average molecular weight is 180 g/mol. The van der Waals surface area contributed by atoms with E-state index in [1.807, 2.05) is 20.8 Å². The molecule has 0 saturated carbocycles. The number of rotatable bonds is 1. The molecule has 1 atom stereocenters. The predicted molar refractivity (Wildman–Crippen MR) is 53.0 cm³/mol. The van der Waals surface area contributed by atoms with E-state index in [1.165, 1.54) is 0 Å². The molecule has 1 aromatic rings. The third-order valence-electron chi connectivity index (χ3n) is 2.55. The fraction of sp³-hybridized carbons (Fsp3) is 0.455. The summed E-state index contributed by atoms with van der Waals surface area (Å²) in [5.74, 6) is 0.305. The number of aliphatic hydroxyl groups excluding tert-OH is 1. The third-order valence-corrected chi connectivity index (χ3v) is 2.55. The molecule has 0 fully saturated rings. The number of aromatic hydroxyl groups is 1. The lowest BCUT2D eigenvalue weighted by Crippen LogP contribution is -2.00. The summed E-state index contributed by atoms with van der Waals surface area (Å²) in [5.41, 5.74) is 3.69. The Kier molecular flexibility index (Phi) is 2.62. The van der Waals surface area contributed by atoms with Crippen LogP contribution in [0.15, 0.2) is 6.07 Å². The fourth-order valence-electron chi connectivity index (χ4n) is 1.72. The summed E-state index contributed by atoms with van der Waals surface area (Å²) in [6.07, 6.45) is -0.473. The first-order valence-electron chi connectivity index (χ1n) is 4.43. The SMILES string of the molecule is Cc1cc(O)c(C)c(C)c1C(C)O. The van der Waals surface area contributed by atoms with E-state index in [9.17, 15) is 10.2 Å². The van der Waals surface area contributed by atoms with Crippen molar-refractivity contribution >= 4 is 0 Å². The van der Waals surface area contributed by atoms with Gasteiger partial charge in [-0.1, -0.05) is 0 Å². The summed E-state index contributed by atoms with van der Waals surface area (Å²) < 4.78 is 0. The van der Waals surface area contributed by atoms with E-state index < -0.39 is 6.10 Å². The Morgan fingerprint density at radius 1 is 1.15 bits per heavy atom. The van der Waals surface area contributed by atoms with Crippen LogP contribution in [0.2, 0.25) is 0 Å². The second-order valence-corrected chi connectivity index (χ2v) is 3.55. The van der Waals surface area contributed by atoms with Crippen molar-refractivity contribution in [3.63, 3.8) is 0 Å². The van der Waals surface area contributed by atoms with Gasteiger partial charge in [0, 0.05) is 0 Å². The molecule has 0 amide bonds. The van der Waals surface area contributed by atoms with Gasteiger partial charge in [-0.15, -0.1) is 0 Å². The minimum Gasteiger partial charge on any atom is -0.508 e. The van der Waals surface area contributed by atoms with Gasteiger partial charge in [0.25, 0.3) is 0 Å². The highest BCUT2D eigenvalue weighted by molar-refractivity contribution is 5.48. The molecule has 0 bridgehead atoms. The summed E-state index contributed by atoms with van der Waals surface area (Å²) in [6, 6.07) is 1.70. The number of phenolic OH excluding ortho intramolecular Hbond substituents is 1. The quantitative estimate of drug-likeness (QED) is 0.696. The number of aliphatic hydroxyl groups is 1. The Morgan fingerprint density at radius 2 is 1.69 bits per heavy atom. The van der Waals surface area contributed by atoms with Crippen LogP contribution < -0.4 is 0 Å². The van der Waals surface area contributed by atoms with Crippen LogP contribution in [-0.4, -0.2) is 10.2 Å². The Balaban J connectivity index is 3.44. The minimum absolute atomic E-state index is 0.305. The Morgan fingerprint density at radius 3 is 2.15 bits per heavy atom. The second kappa shape index (κ2) is 3.38. The van der Waals surface area contributed by atoms with Gasteiger partial charge in [0.2, 0.25) is 0 Å². The van der Waals surface area contributed by atoms with Crippen molar-refractivity contribution in [1.82, 2.24) is 0 Å². The molecule has 0 heterocycles. The molecule has 2 nitrogen and oxygen atoms in total. The molecule has 0 aliphatic rings. The average Bonchev–Trinajstić information content (AvgIpc) is 1.99. The molecule has 0 aliphatic carbocycles. The maximum atomic E-state index is 9.52. The lowest BCUT2D eigenvalue weighted by molar-refractivity contribution is 0.197. The smallest absolute Gasteiger partial charge is 0.119 e. The highest BCUT2D eigenvalue weighted by Gasteiger charge is 2.12. The third kappa shape index (κ3) is 1.68. The molecule has 0 radical (unpaired) electrons. The molecular weight excluding hydrogens is 164 g/mol. The van der Waals surface area contributed by atoms with Gasteiger partial charge in [0.1, 0.15) is 5.75 Å². The van der Waals surface area contributed by atoms with Crippen molar-refractivity contribution in [2.75, 3.05) is 0 Å². The fourth-order valence-corrected chi connectivity index (χ4v) is 1.72. The molecular formula is C11H16O2. The van der Waals surface area contributed by atoms with Crippen LogP contribution in [0.3, 0.4) is 0 Å². The lowest BCUT2D eigenvalue weighted by atomic mass is 9.94. The highest BCUT2D eigenvalue weighted by Crippen LogP contribution is 2.30. The summed E-state index contributed by atoms with van der Waals surface area (Å²) >= 11 is 0. The van der Waals surface area contributed by atoms with Gasteiger partial charge in [0.15, 0.2) is 0 Å². The minimum atomic E-state index is -0.473. The molecule has 1 aromatic carbocycles. The van der Waals surface area contributed by atoms with E-state index in [2.05, 4.69) is 0 Å². The van der Waals surface area contributed by atoms with Gasteiger partial charge in [-0.2, -0.15) is 0 Å². The van der Waals surface area contributed by atoms with Gasteiger partial charge in [-0.3, -0.25) is 0 Å². The molecule has 2 N–H and O–H groups in total. The number of hydrogen-bond acceptors (Lipinski definition) is 2. The van der Waals surface area contributed by atoms with E-state index in [4.69, 9.17) is 0 Å². The molecule has 1 unspecified atom stereocenters. The molecule has 72 valence electrons. The molecule has 13 heavy (non-hydrogen) atoms. The Hall–Kier alpha value is -1.02. The molecule has 0 spiro atoms. The van der Waals surface area contributed by atoms with E-state index in [-0.39, 0.29) is 0 Å². The topological polar surface area (TPSA) is 40.5 Å². The van der Waals surface area contributed by atoms with Gasteiger partial charge in [-0.05, 0) is 56.0 Å². The van der Waals surface area contributed by atoms with Crippen molar-refractivity contribution < 1.29 is 10.2 Å².